The molecular formula is C14H13ClFNS. The van der Waals surface area contributed by atoms with Crippen LogP contribution >= 0.6 is 23.4 Å². The average Bonchev–Trinajstić information content (AvgIpc) is 2.36. The van der Waals surface area contributed by atoms with Crippen LogP contribution in [0.5, 0.6) is 0 Å². The van der Waals surface area contributed by atoms with Gasteiger partial charge in [0.05, 0.1) is 0 Å². The molecular weight excluding hydrogens is 269 g/mol. The van der Waals surface area contributed by atoms with Crippen molar-refractivity contribution in [2.24, 2.45) is 0 Å². The molecule has 18 heavy (non-hydrogen) atoms. The molecule has 0 atom stereocenters. The monoisotopic (exact) mass is 281 g/mol. The average molecular weight is 282 g/mol. The molecule has 0 saturated heterocycles. The lowest BCUT2D eigenvalue weighted by molar-refractivity contribution is 0.626. The second-order valence-corrected chi connectivity index (χ2v) is 5.39. The number of hydrogen-bond donors (Lipinski definition) is 1. The third-order valence-electron chi connectivity index (χ3n) is 2.44. The van der Waals surface area contributed by atoms with Crippen molar-refractivity contribution in [1.29, 1.82) is 0 Å². The Balaban J connectivity index is 2.14. The summed E-state index contributed by atoms with van der Waals surface area (Å²) in [5.74, 6) is -0.221. The molecule has 0 aliphatic carbocycles. The smallest absolute Gasteiger partial charge is 0.123 e. The van der Waals surface area contributed by atoms with E-state index < -0.39 is 0 Å². The van der Waals surface area contributed by atoms with E-state index in [2.05, 4.69) is 5.32 Å². The van der Waals surface area contributed by atoms with Gasteiger partial charge in [-0.3, -0.25) is 0 Å². The van der Waals surface area contributed by atoms with Crippen LogP contribution in [-0.4, -0.2) is 7.05 Å². The van der Waals surface area contributed by atoms with Gasteiger partial charge in [-0.2, -0.15) is 0 Å². The Morgan fingerprint density at radius 1 is 1.11 bits per heavy atom. The molecule has 2 aromatic rings. The largest absolute Gasteiger partial charge is 0.316 e. The summed E-state index contributed by atoms with van der Waals surface area (Å²) in [4.78, 5) is 2.04. The van der Waals surface area contributed by atoms with E-state index in [0.29, 0.717) is 0 Å². The molecule has 0 unspecified atom stereocenters. The summed E-state index contributed by atoms with van der Waals surface area (Å²) in [7, 11) is 1.89. The van der Waals surface area contributed by atoms with Gasteiger partial charge in [0, 0.05) is 21.4 Å². The highest BCUT2D eigenvalue weighted by atomic mass is 35.5. The fourth-order valence-electron chi connectivity index (χ4n) is 1.56. The molecule has 0 radical (unpaired) electrons. The summed E-state index contributed by atoms with van der Waals surface area (Å²) < 4.78 is 12.8. The van der Waals surface area contributed by atoms with Gasteiger partial charge in [-0.15, -0.1) is 0 Å². The fourth-order valence-corrected chi connectivity index (χ4v) is 2.73. The summed E-state index contributed by atoms with van der Waals surface area (Å²) >= 11 is 7.75. The molecule has 0 aromatic heterocycles. The summed E-state index contributed by atoms with van der Waals surface area (Å²) in [6.45, 7) is 0.750. The zero-order valence-corrected chi connectivity index (χ0v) is 11.5. The van der Waals surface area contributed by atoms with Gasteiger partial charge in [-0.05, 0) is 49.0 Å². The molecule has 94 valence electrons. The van der Waals surface area contributed by atoms with Crippen molar-refractivity contribution in [2.75, 3.05) is 7.05 Å². The molecule has 0 fully saturated rings. The zero-order valence-electron chi connectivity index (χ0n) is 9.91. The molecule has 2 aromatic carbocycles. The minimum absolute atomic E-state index is 0.221. The van der Waals surface area contributed by atoms with Crippen LogP contribution in [0.25, 0.3) is 0 Å². The first-order valence-electron chi connectivity index (χ1n) is 5.55. The topological polar surface area (TPSA) is 12.0 Å². The van der Waals surface area contributed by atoms with Crippen molar-refractivity contribution in [2.45, 2.75) is 16.3 Å². The van der Waals surface area contributed by atoms with Crippen LogP contribution in [0.4, 0.5) is 4.39 Å². The Bertz CT molecular complexity index is 528. The maximum Gasteiger partial charge on any atom is 0.123 e. The standard InChI is InChI=1S/C14H13ClFNS/c1-17-9-10-2-5-13(8-14(10)15)18-12-6-3-11(16)4-7-12/h2-8,17H,9H2,1H3. The highest BCUT2D eigenvalue weighted by molar-refractivity contribution is 7.99. The fraction of sp³-hybridized carbons (Fsp3) is 0.143. The second-order valence-electron chi connectivity index (χ2n) is 3.84. The van der Waals surface area contributed by atoms with E-state index in [1.807, 2.05) is 25.2 Å². The maximum atomic E-state index is 12.8. The van der Waals surface area contributed by atoms with Crippen LogP contribution in [0.2, 0.25) is 5.02 Å². The Labute approximate surface area is 115 Å². The van der Waals surface area contributed by atoms with E-state index in [4.69, 9.17) is 11.6 Å². The first-order chi connectivity index (χ1) is 8.69. The molecule has 0 heterocycles. The Kier molecular flexibility index (Phi) is 4.64. The molecule has 0 bridgehead atoms. The summed E-state index contributed by atoms with van der Waals surface area (Å²) in [5.41, 5.74) is 1.07. The van der Waals surface area contributed by atoms with Crippen molar-refractivity contribution in [3.8, 4) is 0 Å². The van der Waals surface area contributed by atoms with Crippen molar-refractivity contribution in [3.05, 3.63) is 58.9 Å². The van der Waals surface area contributed by atoms with E-state index in [1.165, 1.54) is 12.1 Å². The van der Waals surface area contributed by atoms with Crippen LogP contribution in [-0.2, 0) is 6.54 Å². The SMILES string of the molecule is CNCc1ccc(Sc2ccc(F)cc2)cc1Cl. The molecule has 0 amide bonds. The van der Waals surface area contributed by atoms with E-state index in [0.717, 1.165) is 26.9 Å². The highest BCUT2D eigenvalue weighted by Crippen LogP contribution is 2.30. The Hall–Kier alpha value is -1.03. The van der Waals surface area contributed by atoms with Crippen molar-refractivity contribution >= 4 is 23.4 Å². The van der Waals surface area contributed by atoms with Gasteiger partial charge in [0.2, 0.25) is 0 Å². The number of benzene rings is 2. The Morgan fingerprint density at radius 2 is 1.78 bits per heavy atom. The number of rotatable bonds is 4. The third kappa shape index (κ3) is 3.48. The van der Waals surface area contributed by atoms with Crippen molar-refractivity contribution < 1.29 is 4.39 Å². The number of nitrogens with one attached hydrogen (secondary N) is 1. The highest BCUT2D eigenvalue weighted by Gasteiger charge is 2.03. The van der Waals surface area contributed by atoms with Crippen molar-refractivity contribution in [3.63, 3.8) is 0 Å². The molecule has 4 heteroatoms. The Morgan fingerprint density at radius 3 is 2.39 bits per heavy atom. The molecule has 0 aliphatic heterocycles. The van der Waals surface area contributed by atoms with E-state index in [-0.39, 0.29) is 5.82 Å². The minimum Gasteiger partial charge on any atom is -0.316 e. The number of halogens is 2. The predicted octanol–water partition coefficient (Wildman–Crippen LogP) is 4.35. The summed E-state index contributed by atoms with van der Waals surface area (Å²) in [6.07, 6.45) is 0. The van der Waals surface area contributed by atoms with Gasteiger partial charge in [0.25, 0.3) is 0 Å². The molecule has 0 saturated carbocycles. The van der Waals surface area contributed by atoms with Gasteiger partial charge >= 0.3 is 0 Å². The lowest BCUT2D eigenvalue weighted by Crippen LogP contribution is -2.05. The molecule has 1 nitrogen and oxygen atoms in total. The quantitative estimate of drug-likeness (QED) is 0.894. The third-order valence-corrected chi connectivity index (χ3v) is 3.79. The number of hydrogen-bond acceptors (Lipinski definition) is 2. The van der Waals surface area contributed by atoms with E-state index in [1.54, 1.807) is 23.9 Å². The zero-order chi connectivity index (χ0) is 13.0. The lowest BCUT2D eigenvalue weighted by atomic mass is 10.2. The van der Waals surface area contributed by atoms with Gasteiger partial charge in [-0.25, -0.2) is 4.39 Å². The summed E-state index contributed by atoms with van der Waals surface area (Å²) in [5, 5.41) is 3.81. The van der Waals surface area contributed by atoms with E-state index in [9.17, 15) is 4.39 Å². The molecule has 0 aliphatic rings. The lowest BCUT2D eigenvalue weighted by Gasteiger charge is -2.06. The predicted molar refractivity (Wildman–Crippen MR) is 74.7 cm³/mol. The van der Waals surface area contributed by atoms with Crippen LogP contribution in [0.15, 0.2) is 52.3 Å². The first-order valence-corrected chi connectivity index (χ1v) is 6.75. The molecule has 1 N–H and O–H groups in total. The van der Waals surface area contributed by atoms with Crippen LogP contribution in [0, 0.1) is 5.82 Å². The van der Waals surface area contributed by atoms with Gasteiger partial charge in [0.1, 0.15) is 5.82 Å². The van der Waals surface area contributed by atoms with Crippen LogP contribution in [0.3, 0.4) is 0 Å². The van der Waals surface area contributed by atoms with E-state index >= 15 is 0 Å². The first kappa shape index (κ1) is 13.4. The van der Waals surface area contributed by atoms with Gasteiger partial charge in [-0.1, -0.05) is 29.4 Å². The molecule has 0 spiro atoms. The van der Waals surface area contributed by atoms with Crippen molar-refractivity contribution in [1.82, 2.24) is 5.32 Å². The minimum atomic E-state index is -0.221. The van der Waals surface area contributed by atoms with Crippen LogP contribution < -0.4 is 5.32 Å². The summed E-state index contributed by atoms with van der Waals surface area (Å²) in [6, 6.07) is 12.4. The van der Waals surface area contributed by atoms with Crippen LogP contribution in [0.1, 0.15) is 5.56 Å². The molecule has 2 rings (SSSR count). The van der Waals surface area contributed by atoms with Gasteiger partial charge in [0.15, 0.2) is 0 Å². The second kappa shape index (κ2) is 6.23. The maximum absolute atomic E-state index is 12.8. The normalized spacial score (nSPS) is 10.6. The van der Waals surface area contributed by atoms with Gasteiger partial charge < -0.3 is 5.32 Å².